The Hall–Kier alpha value is -1.99. The molecule has 1 N–H and O–H groups in total. The highest BCUT2D eigenvalue weighted by Crippen LogP contribution is 2.18. The quantitative estimate of drug-likeness (QED) is 0.670. The first-order chi connectivity index (χ1) is 8.52. The van der Waals surface area contributed by atoms with Crippen LogP contribution in [-0.4, -0.2) is 24.2 Å². The minimum absolute atomic E-state index is 0.00496. The van der Waals surface area contributed by atoms with Gasteiger partial charge in [0.1, 0.15) is 6.42 Å². The average Bonchev–Trinajstić information content (AvgIpc) is 2.32. The van der Waals surface area contributed by atoms with Crippen molar-refractivity contribution >= 4 is 23.5 Å². The fourth-order valence-corrected chi connectivity index (χ4v) is 1.47. The van der Waals surface area contributed by atoms with Crippen molar-refractivity contribution in [2.75, 3.05) is 7.11 Å². The summed E-state index contributed by atoms with van der Waals surface area (Å²) >= 11 is 5.92. The highest BCUT2D eigenvalue weighted by molar-refractivity contribution is 6.31. The molecule has 0 radical (unpaired) electrons. The fraction of sp³-hybridized carbons (Fsp3) is 0.231. The van der Waals surface area contributed by atoms with Crippen LogP contribution in [0.2, 0.25) is 5.02 Å². The second kappa shape index (κ2) is 6.67. The summed E-state index contributed by atoms with van der Waals surface area (Å²) in [6, 6.07) is 4.84. The summed E-state index contributed by atoms with van der Waals surface area (Å²) in [6.07, 6.45) is -0.125. The fourth-order valence-electron chi connectivity index (χ4n) is 1.22. The predicted octanol–water partition coefficient (Wildman–Crippen LogP) is 1.88. The molecule has 5 heteroatoms. The van der Waals surface area contributed by atoms with Crippen LogP contribution in [-0.2, 0) is 20.7 Å². The van der Waals surface area contributed by atoms with Crippen LogP contribution in [0.3, 0.4) is 0 Å². The van der Waals surface area contributed by atoms with Crippen LogP contribution in [0.1, 0.15) is 17.5 Å². The van der Waals surface area contributed by atoms with Gasteiger partial charge >= 0.3 is 11.9 Å². The molecule has 0 aromatic heterocycles. The number of esters is 1. The smallest absolute Gasteiger partial charge is 0.317 e. The van der Waals surface area contributed by atoms with Crippen molar-refractivity contribution in [2.45, 2.75) is 12.8 Å². The summed E-state index contributed by atoms with van der Waals surface area (Å²) in [4.78, 5) is 21.4. The first-order valence-corrected chi connectivity index (χ1v) is 5.46. The van der Waals surface area contributed by atoms with Gasteiger partial charge in [0.05, 0.1) is 13.5 Å². The number of aliphatic carboxylic acids is 1. The van der Waals surface area contributed by atoms with Gasteiger partial charge < -0.3 is 9.84 Å². The molecule has 1 rings (SSSR count). The third-order valence-corrected chi connectivity index (χ3v) is 2.44. The third kappa shape index (κ3) is 4.48. The number of ether oxygens (including phenoxy) is 1. The summed E-state index contributed by atoms with van der Waals surface area (Å²) in [5, 5.41) is 9.00. The average molecular weight is 267 g/mol. The number of methoxy groups -OCH3 is 1. The number of hydrogen-bond acceptors (Lipinski definition) is 3. The first-order valence-electron chi connectivity index (χ1n) is 5.09. The zero-order chi connectivity index (χ0) is 13.5. The van der Waals surface area contributed by atoms with Gasteiger partial charge in [-0.15, -0.1) is 0 Å². The Morgan fingerprint density at radius 1 is 1.44 bits per heavy atom. The van der Waals surface area contributed by atoms with Crippen LogP contribution in [0.5, 0.6) is 0 Å². The van der Waals surface area contributed by atoms with Crippen molar-refractivity contribution in [1.29, 1.82) is 0 Å². The zero-order valence-corrected chi connectivity index (χ0v) is 10.5. The molecule has 0 aliphatic carbocycles. The molecule has 94 valence electrons. The number of hydrogen-bond donors (Lipinski definition) is 1. The largest absolute Gasteiger partial charge is 0.481 e. The van der Waals surface area contributed by atoms with E-state index in [4.69, 9.17) is 16.7 Å². The Morgan fingerprint density at radius 3 is 2.72 bits per heavy atom. The molecule has 0 bridgehead atoms. The van der Waals surface area contributed by atoms with Crippen LogP contribution in [0, 0.1) is 11.8 Å². The lowest BCUT2D eigenvalue weighted by molar-refractivity contribution is -0.139. The molecule has 4 nitrogen and oxygen atoms in total. The summed E-state index contributed by atoms with van der Waals surface area (Å²) in [5.41, 5.74) is 1.15. The number of carbonyl (C=O) groups is 2. The maximum absolute atomic E-state index is 10.8. The van der Waals surface area contributed by atoms with Crippen LogP contribution >= 0.6 is 11.6 Å². The van der Waals surface area contributed by atoms with E-state index in [2.05, 4.69) is 16.6 Å². The number of benzene rings is 1. The Balaban J connectivity index is 2.78. The molecule has 18 heavy (non-hydrogen) atoms. The molecular formula is C13H11ClO4. The molecule has 0 atom stereocenters. The molecule has 0 saturated heterocycles. The van der Waals surface area contributed by atoms with E-state index in [1.807, 2.05) is 0 Å². The van der Waals surface area contributed by atoms with Crippen molar-refractivity contribution < 1.29 is 19.4 Å². The van der Waals surface area contributed by atoms with Crippen LogP contribution < -0.4 is 0 Å². The maximum Gasteiger partial charge on any atom is 0.317 e. The molecule has 1 aromatic rings. The van der Waals surface area contributed by atoms with Gasteiger partial charge in [-0.25, -0.2) is 0 Å². The van der Waals surface area contributed by atoms with Gasteiger partial charge in [-0.3, -0.25) is 9.59 Å². The van der Waals surface area contributed by atoms with Crippen LogP contribution in [0.4, 0.5) is 0 Å². The Morgan fingerprint density at radius 2 is 2.17 bits per heavy atom. The predicted molar refractivity (Wildman–Crippen MR) is 66.3 cm³/mol. The molecule has 0 fully saturated rings. The molecule has 0 unspecified atom stereocenters. The Labute approximate surface area is 110 Å². The summed E-state index contributed by atoms with van der Waals surface area (Å²) in [6.45, 7) is 0. The van der Waals surface area contributed by atoms with E-state index in [-0.39, 0.29) is 12.8 Å². The minimum atomic E-state index is -0.943. The van der Waals surface area contributed by atoms with Gasteiger partial charge in [0, 0.05) is 10.6 Å². The maximum atomic E-state index is 10.8. The summed E-state index contributed by atoms with van der Waals surface area (Å²) in [5.74, 6) is 4.04. The van der Waals surface area contributed by atoms with E-state index in [0.29, 0.717) is 16.1 Å². The second-order valence-corrected chi connectivity index (χ2v) is 3.84. The molecular weight excluding hydrogens is 256 g/mol. The number of carboxylic acids is 1. The van der Waals surface area contributed by atoms with E-state index < -0.39 is 11.9 Å². The van der Waals surface area contributed by atoms with Crippen LogP contribution in [0.15, 0.2) is 18.2 Å². The lowest BCUT2D eigenvalue weighted by atomic mass is 10.1. The van der Waals surface area contributed by atoms with E-state index in [1.54, 1.807) is 18.2 Å². The van der Waals surface area contributed by atoms with Crippen molar-refractivity contribution in [1.82, 2.24) is 0 Å². The SMILES string of the molecule is COC(=O)CC#Cc1ccc(CC(=O)O)c(Cl)c1. The molecule has 0 aliphatic heterocycles. The van der Waals surface area contributed by atoms with Crippen LogP contribution in [0.25, 0.3) is 0 Å². The van der Waals surface area contributed by atoms with Gasteiger partial charge in [-0.1, -0.05) is 29.5 Å². The molecule has 0 aliphatic rings. The van der Waals surface area contributed by atoms with Gasteiger partial charge in [0.15, 0.2) is 0 Å². The lowest BCUT2D eigenvalue weighted by Gasteiger charge is -2.01. The summed E-state index contributed by atoms with van der Waals surface area (Å²) in [7, 11) is 1.29. The third-order valence-electron chi connectivity index (χ3n) is 2.09. The molecule has 0 heterocycles. The normalized spacial score (nSPS) is 9.22. The Bertz CT molecular complexity index is 526. The van der Waals surface area contributed by atoms with Crippen molar-refractivity contribution in [2.24, 2.45) is 0 Å². The van der Waals surface area contributed by atoms with E-state index in [0.717, 1.165) is 0 Å². The van der Waals surface area contributed by atoms with E-state index in [9.17, 15) is 9.59 Å². The molecule has 1 aromatic carbocycles. The van der Waals surface area contributed by atoms with Gasteiger partial charge in [-0.2, -0.15) is 0 Å². The van der Waals surface area contributed by atoms with E-state index in [1.165, 1.54) is 7.11 Å². The highest BCUT2D eigenvalue weighted by Gasteiger charge is 2.05. The number of halogens is 1. The number of carboxylic acid groups (broad SMARTS) is 1. The Kier molecular flexibility index (Phi) is 5.22. The second-order valence-electron chi connectivity index (χ2n) is 3.43. The first kappa shape index (κ1) is 14.1. The van der Waals surface area contributed by atoms with E-state index >= 15 is 0 Å². The lowest BCUT2D eigenvalue weighted by Crippen LogP contribution is -2.00. The minimum Gasteiger partial charge on any atom is -0.481 e. The number of carbonyl (C=O) groups excluding carboxylic acids is 1. The number of rotatable bonds is 3. The van der Waals surface area contributed by atoms with Crippen molar-refractivity contribution in [3.05, 3.63) is 34.3 Å². The molecule has 0 spiro atoms. The monoisotopic (exact) mass is 266 g/mol. The standard InChI is InChI=1S/C13H11ClO4/c1-18-13(17)4-2-3-9-5-6-10(8-12(15)16)11(14)7-9/h5-7H,4,8H2,1H3,(H,15,16). The topological polar surface area (TPSA) is 63.6 Å². The van der Waals surface area contributed by atoms with Crippen molar-refractivity contribution in [3.63, 3.8) is 0 Å². The highest BCUT2D eigenvalue weighted by atomic mass is 35.5. The molecule has 0 saturated carbocycles. The van der Waals surface area contributed by atoms with Gasteiger partial charge in [-0.05, 0) is 17.7 Å². The molecule has 0 amide bonds. The zero-order valence-electron chi connectivity index (χ0n) is 9.70. The van der Waals surface area contributed by atoms with Gasteiger partial charge in [0.25, 0.3) is 0 Å². The van der Waals surface area contributed by atoms with Gasteiger partial charge in [0.2, 0.25) is 0 Å². The van der Waals surface area contributed by atoms with Crippen molar-refractivity contribution in [3.8, 4) is 11.8 Å². The summed E-state index contributed by atoms with van der Waals surface area (Å²) < 4.78 is 4.44.